The molecule has 2 saturated carbocycles. The summed E-state index contributed by atoms with van der Waals surface area (Å²) in [5, 5.41) is 2.97. The first-order valence-electron chi connectivity index (χ1n) is 7.62. The van der Waals surface area contributed by atoms with Crippen molar-refractivity contribution in [3.8, 4) is 5.75 Å². The van der Waals surface area contributed by atoms with Gasteiger partial charge in [0.25, 0.3) is 0 Å². The van der Waals surface area contributed by atoms with Crippen molar-refractivity contribution in [3.63, 3.8) is 0 Å². The topological polar surface area (TPSA) is 58.6 Å². The van der Waals surface area contributed by atoms with Crippen LogP contribution in [0.1, 0.15) is 25.7 Å². The molecule has 0 bridgehead atoms. The van der Waals surface area contributed by atoms with Crippen LogP contribution in [-0.4, -0.2) is 37.9 Å². The third-order valence-electron chi connectivity index (χ3n) is 5.01. The molecule has 5 heteroatoms. The van der Waals surface area contributed by atoms with E-state index in [1.165, 1.54) is 0 Å². The van der Waals surface area contributed by atoms with Crippen molar-refractivity contribution in [3.05, 3.63) is 24.3 Å². The maximum Gasteiger partial charge on any atom is 0.231 e. The smallest absolute Gasteiger partial charge is 0.231 e. The summed E-state index contributed by atoms with van der Waals surface area (Å²) in [6.07, 6.45) is 3.24. The average molecular weight is 302 g/mol. The number of nitrogens with zero attached hydrogens (tertiary/aromatic N) is 1. The van der Waals surface area contributed by atoms with E-state index >= 15 is 0 Å². The molecule has 22 heavy (non-hydrogen) atoms. The number of methoxy groups -OCH3 is 1. The van der Waals surface area contributed by atoms with Crippen LogP contribution in [0.4, 0.5) is 5.69 Å². The average Bonchev–Trinajstić information content (AvgIpc) is 3.39. The third-order valence-corrected chi connectivity index (χ3v) is 5.01. The van der Waals surface area contributed by atoms with Crippen LogP contribution in [0.3, 0.4) is 0 Å². The Bertz CT molecular complexity index is 599. The highest BCUT2D eigenvalue weighted by molar-refractivity contribution is 6.03. The lowest BCUT2D eigenvalue weighted by Crippen LogP contribution is -2.42. The molecular formula is C17H22N2O3. The normalized spacial score (nSPS) is 20.0. The van der Waals surface area contributed by atoms with Gasteiger partial charge in [-0.15, -0.1) is 0 Å². The van der Waals surface area contributed by atoms with Crippen LogP contribution >= 0.6 is 0 Å². The summed E-state index contributed by atoms with van der Waals surface area (Å²) in [5.74, 6) is 0.820. The molecule has 5 nitrogen and oxygen atoms in total. The lowest BCUT2D eigenvalue weighted by atomic mass is 9.83. The number of anilines is 1. The van der Waals surface area contributed by atoms with Crippen LogP contribution in [0.2, 0.25) is 0 Å². The van der Waals surface area contributed by atoms with Gasteiger partial charge in [0.15, 0.2) is 0 Å². The third kappa shape index (κ3) is 2.16. The molecule has 3 rings (SSSR count). The Morgan fingerprint density at radius 2 is 1.59 bits per heavy atom. The van der Waals surface area contributed by atoms with Crippen LogP contribution in [0.25, 0.3) is 0 Å². The number of hydrogen-bond donors (Lipinski definition) is 1. The Kier molecular flexibility index (Phi) is 3.38. The highest BCUT2D eigenvalue weighted by Gasteiger charge is 2.73. The second-order valence-corrected chi connectivity index (χ2v) is 6.55. The molecule has 0 radical (unpaired) electrons. The lowest BCUT2D eigenvalue weighted by molar-refractivity contribution is -0.141. The largest absolute Gasteiger partial charge is 0.497 e. The number of benzene rings is 1. The molecule has 0 heterocycles. The summed E-state index contributed by atoms with van der Waals surface area (Å²) in [4.78, 5) is 26.9. The van der Waals surface area contributed by atoms with E-state index in [9.17, 15) is 9.59 Å². The van der Waals surface area contributed by atoms with E-state index in [0.717, 1.165) is 37.1 Å². The van der Waals surface area contributed by atoms with Gasteiger partial charge in [-0.1, -0.05) is 0 Å². The van der Waals surface area contributed by atoms with E-state index in [0.29, 0.717) is 0 Å². The molecule has 2 fully saturated rings. The van der Waals surface area contributed by atoms with Crippen molar-refractivity contribution in [1.29, 1.82) is 0 Å². The van der Waals surface area contributed by atoms with Gasteiger partial charge in [0.2, 0.25) is 11.8 Å². The fourth-order valence-corrected chi connectivity index (χ4v) is 3.42. The molecule has 0 aliphatic heterocycles. The number of hydrogen-bond acceptors (Lipinski definition) is 3. The highest BCUT2D eigenvalue weighted by Crippen LogP contribution is 2.71. The predicted octanol–water partition coefficient (Wildman–Crippen LogP) is 2.28. The predicted molar refractivity (Wildman–Crippen MR) is 83.7 cm³/mol. The van der Waals surface area contributed by atoms with Gasteiger partial charge in [-0.2, -0.15) is 0 Å². The minimum atomic E-state index is -0.506. The fraction of sp³-hybridized carbons (Fsp3) is 0.529. The SMILES string of the molecule is COc1ccc(NC(=O)C2(C3(C(=O)N(C)C)CC3)CC2)cc1. The summed E-state index contributed by atoms with van der Waals surface area (Å²) in [6, 6.07) is 7.26. The van der Waals surface area contributed by atoms with Gasteiger partial charge in [0.05, 0.1) is 17.9 Å². The van der Waals surface area contributed by atoms with Crippen molar-refractivity contribution >= 4 is 17.5 Å². The zero-order chi connectivity index (χ0) is 16.0. The van der Waals surface area contributed by atoms with Crippen molar-refractivity contribution < 1.29 is 14.3 Å². The molecule has 2 amide bonds. The molecule has 0 unspecified atom stereocenters. The summed E-state index contributed by atoms with van der Waals surface area (Å²) in [5.41, 5.74) is -0.230. The lowest BCUT2D eigenvalue weighted by Gasteiger charge is -2.27. The number of carbonyl (C=O) groups is 2. The number of carbonyl (C=O) groups excluding carboxylic acids is 2. The van der Waals surface area contributed by atoms with Crippen LogP contribution in [0.15, 0.2) is 24.3 Å². The van der Waals surface area contributed by atoms with Crippen molar-refractivity contribution in [1.82, 2.24) is 4.90 Å². The zero-order valence-electron chi connectivity index (χ0n) is 13.3. The molecular weight excluding hydrogens is 280 g/mol. The van der Waals surface area contributed by atoms with Crippen molar-refractivity contribution in [2.75, 3.05) is 26.5 Å². The van der Waals surface area contributed by atoms with Gasteiger partial charge < -0.3 is 15.0 Å². The van der Waals surface area contributed by atoms with Crippen LogP contribution in [-0.2, 0) is 9.59 Å². The van der Waals surface area contributed by atoms with E-state index in [-0.39, 0.29) is 11.8 Å². The highest BCUT2D eigenvalue weighted by atomic mass is 16.5. The van der Waals surface area contributed by atoms with Crippen molar-refractivity contribution in [2.24, 2.45) is 10.8 Å². The molecule has 0 aromatic heterocycles. The second-order valence-electron chi connectivity index (χ2n) is 6.55. The van der Waals surface area contributed by atoms with Gasteiger partial charge in [-0.3, -0.25) is 9.59 Å². The quantitative estimate of drug-likeness (QED) is 0.908. The maximum absolute atomic E-state index is 12.8. The van der Waals surface area contributed by atoms with E-state index in [2.05, 4.69) is 5.32 Å². The minimum absolute atomic E-state index is 0.0228. The first kappa shape index (κ1) is 14.9. The molecule has 0 atom stereocenters. The van der Waals surface area contributed by atoms with Crippen LogP contribution in [0.5, 0.6) is 5.75 Å². The summed E-state index contributed by atoms with van der Waals surface area (Å²) in [6.45, 7) is 0. The van der Waals surface area contributed by atoms with Gasteiger partial charge >= 0.3 is 0 Å². The number of ether oxygens (including phenoxy) is 1. The van der Waals surface area contributed by atoms with Crippen molar-refractivity contribution in [2.45, 2.75) is 25.7 Å². The van der Waals surface area contributed by atoms with Gasteiger partial charge in [-0.25, -0.2) is 0 Å². The van der Waals surface area contributed by atoms with Gasteiger partial charge in [-0.05, 0) is 49.9 Å². The van der Waals surface area contributed by atoms with E-state index in [4.69, 9.17) is 4.74 Å². The Hall–Kier alpha value is -2.04. The zero-order valence-corrected chi connectivity index (χ0v) is 13.3. The standard InChI is InChI=1S/C17H22N2O3/c1-19(2)15(21)17(10-11-17)16(8-9-16)14(20)18-12-4-6-13(22-3)7-5-12/h4-7H,8-11H2,1-3H3,(H,18,20). The Labute approximate surface area is 130 Å². The van der Waals surface area contributed by atoms with E-state index in [1.54, 1.807) is 26.1 Å². The van der Waals surface area contributed by atoms with Crippen LogP contribution < -0.4 is 10.1 Å². The molecule has 1 aromatic rings. The monoisotopic (exact) mass is 302 g/mol. The van der Waals surface area contributed by atoms with Gasteiger partial charge in [0, 0.05) is 19.8 Å². The molecule has 0 spiro atoms. The Balaban J connectivity index is 1.75. The number of amides is 2. The molecule has 118 valence electrons. The molecule has 1 aromatic carbocycles. The molecule has 2 aliphatic carbocycles. The molecule has 2 aliphatic rings. The summed E-state index contributed by atoms with van der Waals surface area (Å²) in [7, 11) is 5.14. The molecule has 0 saturated heterocycles. The van der Waals surface area contributed by atoms with E-state index in [1.807, 2.05) is 24.3 Å². The first-order valence-corrected chi connectivity index (χ1v) is 7.62. The Morgan fingerprint density at radius 3 is 2.00 bits per heavy atom. The minimum Gasteiger partial charge on any atom is -0.497 e. The molecule has 1 N–H and O–H groups in total. The number of rotatable bonds is 5. The van der Waals surface area contributed by atoms with Crippen LogP contribution in [0, 0.1) is 10.8 Å². The summed E-state index contributed by atoms with van der Waals surface area (Å²) >= 11 is 0. The number of nitrogens with one attached hydrogen (secondary N) is 1. The Morgan fingerprint density at radius 1 is 1.05 bits per heavy atom. The maximum atomic E-state index is 12.8. The van der Waals surface area contributed by atoms with E-state index < -0.39 is 10.8 Å². The van der Waals surface area contributed by atoms with Gasteiger partial charge in [0.1, 0.15) is 5.75 Å². The first-order chi connectivity index (χ1) is 10.4. The second kappa shape index (κ2) is 5.00. The summed E-state index contributed by atoms with van der Waals surface area (Å²) < 4.78 is 5.11. The fourth-order valence-electron chi connectivity index (χ4n) is 3.42.